The second-order valence-electron chi connectivity index (χ2n) is 15.7. The highest BCUT2D eigenvalue weighted by Gasteiger charge is 2.23. The van der Waals surface area contributed by atoms with Crippen molar-refractivity contribution in [1.82, 2.24) is 4.57 Å². The molecule has 1 heterocycles. The topological polar surface area (TPSA) is 8.17 Å². The van der Waals surface area contributed by atoms with Gasteiger partial charge in [0.25, 0.3) is 0 Å². The third-order valence-corrected chi connectivity index (χ3v) is 12.0. The predicted molar refractivity (Wildman–Crippen MR) is 263 cm³/mol. The molecule has 0 N–H and O–H groups in total. The van der Waals surface area contributed by atoms with Gasteiger partial charge in [0.1, 0.15) is 0 Å². The average Bonchev–Trinajstić information content (AvgIpc) is 3.72. The minimum absolute atomic E-state index is 1.09. The molecule has 2 heteroatoms. The summed E-state index contributed by atoms with van der Waals surface area (Å²) in [4.78, 5) is 2.36. The maximum Gasteiger partial charge on any atom is 0.0619 e. The highest BCUT2D eigenvalue weighted by molar-refractivity contribution is 6.16. The van der Waals surface area contributed by atoms with Crippen LogP contribution < -0.4 is 4.90 Å². The van der Waals surface area contributed by atoms with Gasteiger partial charge in [-0.15, -0.1) is 0 Å². The molecule has 0 amide bonds. The molecule has 2 nitrogen and oxygen atoms in total. The first-order valence-electron chi connectivity index (χ1n) is 21.3. The smallest absolute Gasteiger partial charge is 0.0619 e. The SMILES string of the molecule is c1ccc(-c2cccc(N(c3ccc(-c4ccc(-n5c(-c6ccccc6)c(-c6ccccc6)c6ccc7ccccc7c65)cc4)cc3)c3cccc(-c4ccccc4)c3)c2)cc1. The van der Waals surface area contributed by atoms with E-state index in [0.717, 1.165) is 33.9 Å². The molecule has 11 aromatic rings. The molecule has 0 aliphatic heterocycles. The Morgan fingerprint density at radius 3 is 1.29 bits per heavy atom. The zero-order valence-electron chi connectivity index (χ0n) is 34.1. The van der Waals surface area contributed by atoms with E-state index in [0.29, 0.717) is 0 Å². The van der Waals surface area contributed by atoms with Crippen molar-refractivity contribution in [2.24, 2.45) is 0 Å². The Balaban J connectivity index is 1.01. The molecule has 0 aliphatic rings. The van der Waals surface area contributed by atoms with Gasteiger partial charge in [-0.2, -0.15) is 0 Å². The van der Waals surface area contributed by atoms with Crippen LogP contribution in [-0.4, -0.2) is 4.57 Å². The molecule has 0 radical (unpaired) electrons. The molecule has 0 unspecified atom stereocenters. The number of fused-ring (bicyclic) bond motifs is 3. The van der Waals surface area contributed by atoms with Gasteiger partial charge in [-0.3, -0.25) is 0 Å². The molecule has 0 saturated carbocycles. The van der Waals surface area contributed by atoms with Crippen molar-refractivity contribution in [3.63, 3.8) is 0 Å². The maximum absolute atomic E-state index is 2.48. The van der Waals surface area contributed by atoms with Crippen LogP contribution in [0.3, 0.4) is 0 Å². The zero-order valence-corrected chi connectivity index (χ0v) is 34.1. The van der Waals surface area contributed by atoms with E-state index >= 15 is 0 Å². The van der Waals surface area contributed by atoms with Crippen molar-refractivity contribution in [3.8, 4) is 61.5 Å². The van der Waals surface area contributed by atoms with E-state index in [1.54, 1.807) is 0 Å². The summed E-state index contributed by atoms with van der Waals surface area (Å²) in [5.41, 5.74) is 17.5. The number of hydrogen-bond donors (Lipinski definition) is 0. The van der Waals surface area contributed by atoms with Crippen molar-refractivity contribution in [3.05, 3.63) is 255 Å². The maximum atomic E-state index is 2.48. The standard InChI is InChI=1S/C60H42N2/c1-5-17-43(18-6-1)50-26-15-28-54(41-50)61(55-29-16-27-51(42-55)44-19-7-2-8-20-44)52-36-31-45(32-37-52)46-33-38-53(39-34-46)62-59(49-24-11-4-12-25-49)58(48-22-9-3-10-23-48)57-40-35-47-21-13-14-30-56(47)60(57)62/h1-42H. The van der Waals surface area contributed by atoms with Crippen molar-refractivity contribution < 1.29 is 0 Å². The lowest BCUT2D eigenvalue weighted by Gasteiger charge is -2.27. The molecule has 10 aromatic carbocycles. The summed E-state index contributed by atoms with van der Waals surface area (Å²) in [7, 11) is 0. The molecular weight excluding hydrogens is 749 g/mol. The molecule has 292 valence electrons. The Morgan fingerprint density at radius 2 is 0.726 bits per heavy atom. The highest BCUT2D eigenvalue weighted by Crippen LogP contribution is 2.45. The van der Waals surface area contributed by atoms with E-state index in [2.05, 4.69) is 264 Å². The molecule has 62 heavy (non-hydrogen) atoms. The van der Waals surface area contributed by atoms with E-state index in [4.69, 9.17) is 0 Å². The summed E-state index contributed by atoms with van der Waals surface area (Å²) < 4.78 is 2.48. The molecule has 11 rings (SSSR count). The fourth-order valence-electron chi connectivity index (χ4n) is 9.04. The first kappa shape index (κ1) is 36.8. The molecular formula is C60H42N2. The van der Waals surface area contributed by atoms with Crippen molar-refractivity contribution >= 4 is 38.7 Å². The largest absolute Gasteiger partial charge is 0.310 e. The van der Waals surface area contributed by atoms with Gasteiger partial charge in [0.15, 0.2) is 0 Å². The van der Waals surface area contributed by atoms with Crippen LogP contribution in [0.2, 0.25) is 0 Å². The van der Waals surface area contributed by atoms with Gasteiger partial charge in [0.05, 0.1) is 11.2 Å². The minimum Gasteiger partial charge on any atom is -0.310 e. The van der Waals surface area contributed by atoms with E-state index in [1.165, 1.54) is 66.3 Å². The molecule has 0 fully saturated rings. The summed E-state index contributed by atoms with van der Waals surface area (Å²) in [6.07, 6.45) is 0. The molecule has 0 spiro atoms. The van der Waals surface area contributed by atoms with Gasteiger partial charge >= 0.3 is 0 Å². The number of hydrogen-bond acceptors (Lipinski definition) is 1. The molecule has 0 bridgehead atoms. The van der Waals surface area contributed by atoms with Crippen LogP contribution in [0, 0.1) is 0 Å². The number of anilines is 3. The number of rotatable bonds is 9. The van der Waals surface area contributed by atoms with Gasteiger partial charge in [-0.1, -0.05) is 206 Å². The lowest BCUT2D eigenvalue weighted by Crippen LogP contribution is -2.10. The van der Waals surface area contributed by atoms with E-state index < -0.39 is 0 Å². The second-order valence-corrected chi connectivity index (χ2v) is 15.7. The Hall–Kier alpha value is -8.20. The van der Waals surface area contributed by atoms with Crippen LogP contribution >= 0.6 is 0 Å². The van der Waals surface area contributed by atoms with Crippen molar-refractivity contribution in [2.45, 2.75) is 0 Å². The van der Waals surface area contributed by atoms with Crippen LogP contribution in [0.25, 0.3) is 83.1 Å². The van der Waals surface area contributed by atoms with Gasteiger partial charge in [0, 0.05) is 39.1 Å². The molecule has 0 atom stereocenters. The van der Waals surface area contributed by atoms with Crippen LogP contribution in [0.5, 0.6) is 0 Å². The van der Waals surface area contributed by atoms with Crippen LogP contribution in [0.4, 0.5) is 17.1 Å². The fraction of sp³-hybridized carbons (Fsp3) is 0. The third-order valence-electron chi connectivity index (χ3n) is 12.0. The van der Waals surface area contributed by atoms with E-state index in [-0.39, 0.29) is 0 Å². The normalized spacial score (nSPS) is 11.2. The highest BCUT2D eigenvalue weighted by atomic mass is 15.1. The van der Waals surface area contributed by atoms with E-state index in [9.17, 15) is 0 Å². The third kappa shape index (κ3) is 6.84. The average molecular weight is 791 g/mol. The summed E-state index contributed by atoms with van der Waals surface area (Å²) in [5, 5.41) is 3.70. The number of aromatic nitrogens is 1. The molecule has 1 aromatic heterocycles. The monoisotopic (exact) mass is 790 g/mol. The Bertz CT molecular complexity index is 3210. The second kappa shape index (κ2) is 16.1. The summed E-state index contributed by atoms with van der Waals surface area (Å²) >= 11 is 0. The Morgan fingerprint density at radius 1 is 0.274 bits per heavy atom. The Kier molecular flexibility index (Phi) is 9.57. The Labute approximate surface area is 362 Å². The zero-order chi connectivity index (χ0) is 41.2. The molecule has 0 aliphatic carbocycles. The van der Waals surface area contributed by atoms with Crippen LogP contribution in [0.1, 0.15) is 0 Å². The number of nitrogens with zero attached hydrogens (tertiary/aromatic N) is 2. The van der Waals surface area contributed by atoms with Gasteiger partial charge in [0.2, 0.25) is 0 Å². The van der Waals surface area contributed by atoms with Crippen molar-refractivity contribution in [1.29, 1.82) is 0 Å². The quantitative estimate of drug-likeness (QED) is 0.141. The van der Waals surface area contributed by atoms with E-state index in [1.807, 2.05) is 0 Å². The summed E-state index contributed by atoms with van der Waals surface area (Å²) in [5.74, 6) is 0. The predicted octanol–water partition coefficient (Wildman–Crippen LogP) is 16.6. The lowest BCUT2D eigenvalue weighted by molar-refractivity contribution is 1.14. The minimum atomic E-state index is 1.09. The van der Waals surface area contributed by atoms with Crippen LogP contribution in [-0.2, 0) is 0 Å². The van der Waals surface area contributed by atoms with Gasteiger partial charge in [-0.25, -0.2) is 0 Å². The van der Waals surface area contributed by atoms with Crippen LogP contribution in [0.15, 0.2) is 255 Å². The fourth-order valence-corrected chi connectivity index (χ4v) is 9.04. The number of benzene rings is 10. The summed E-state index contributed by atoms with van der Waals surface area (Å²) in [6.45, 7) is 0. The first-order chi connectivity index (χ1) is 30.8. The summed E-state index contributed by atoms with van der Waals surface area (Å²) in [6, 6.07) is 92.0. The van der Waals surface area contributed by atoms with Gasteiger partial charge in [-0.05, 0) is 98.4 Å². The van der Waals surface area contributed by atoms with Crippen molar-refractivity contribution in [2.75, 3.05) is 4.90 Å². The lowest BCUT2D eigenvalue weighted by atomic mass is 9.97. The first-order valence-corrected chi connectivity index (χ1v) is 21.3. The van der Waals surface area contributed by atoms with Gasteiger partial charge < -0.3 is 9.47 Å². The molecule has 0 saturated heterocycles.